The first-order valence-electron chi connectivity index (χ1n) is 10.9. The first-order chi connectivity index (χ1) is 13.3. The summed E-state index contributed by atoms with van der Waals surface area (Å²) in [7, 11) is 0. The molecule has 0 radical (unpaired) electrons. The van der Waals surface area contributed by atoms with Crippen LogP contribution in [0.2, 0.25) is 0 Å². The number of hydrogen-bond donors (Lipinski definition) is 1. The molecule has 144 valence electrons. The van der Waals surface area contributed by atoms with Gasteiger partial charge in [0.05, 0.1) is 16.5 Å². The topological polar surface area (TPSA) is 50.2 Å². The highest BCUT2D eigenvalue weighted by Gasteiger charge is 2.44. The highest BCUT2D eigenvalue weighted by molar-refractivity contribution is 8.00. The highest BCUT2D eigenvalue weighted by Crippen LogP contribution is 2.56. The number of fused-ring (bicyclic) bond motifs is 4. The van der Waals surface area contributed by atoms with Crippen molar-refractivity contribution in [2.45, 2.75) is 99.8 Å². The molecular formula is C22H30N4S. The maximum atomic E-state index is 5.25. The van der Waals surface area contributed by atoms with E-state index in [9.17, 15) is 0 Å². The summed E-state index contributed by atoms with van der Waals surface area (Å²) >= 11 is 1.91. The molecule has 1 aromatic rings. The fourth-order valence-corrected chi connectivity index (χ4v) is 6.64. The summed E-state index contributed by atoms with van der Waals surface area (Å²) in [5.74, 6) is 1.46. The van der Waals surface area contributed by atoms with E-state index in [0.29, 0.717) is 12.0 Å². The SMILES string of the molecule is CCCCC1=N[C@@H]2Sc3c(NC4CCCCC4)ncnc3[C@H]2C2=C1CCC2. The number of allylic oxidation sites excluding steroid dienone is 1. The van der Waals surface area contributed by atoms with Gasteiger partial charge < -0.3 is 5.32 Å². The van der Waals surface area contributed by atoms with Gasteiger partial charge in [0, 0.05) is 11.8 Å². The van der Waals surface area contributed by atoms with Crippen molar-refractivity contribution in [3.05, 3.63) is 23.2 Å². The molecule has 27 heavy (non-hydrogen) atoms. The molecule has 2 aliphatic heterocycles. The summed E-state index contributed by atoms with van der Waals surface area (Å²) in [6, 6.07) is 0.575. The lowest BCUT2D eigenvalue weighted by Gasteiger charge is -2.26. The first-order valence-corrected chi connectivity index (χ1v) is 11.8. The molecule has 1 fully saturated rings. The van der Waals surface area contributed by atoms with Crippen LogP contribution >= 0.6 is 11.8 Å². The van der Waals surface area contributed by atoms with Crippen LogP contribution in [-0.4, -0.2) is 27.1 Å². The number of aromatic nitrogens is 2. The summed E-state index contributed by atoms with van der Waals surface area (Å²) < 4.78 is 0. The van der Waals surface area contributed by atoms with Crippen LogP contribution < -0.4 is 5.32 Å². The lowest BCUT2D eigenvalue weighted by atomic mass is 9.87. The van der Waals surface area contributed by atoms with E-state index < -0.39 is 0 Å². The van der Waals surface area contributed by atoms with Crippen molar-refractivity contribution in [2.24, 2.45) is 4.99 Å². The Hall–Kier alpha value is -1.36. The Labute approximate surface area is 166 Å². The molecule has 3 heterocycles. The Morgan fingerprint density at radius 3 is 2.85 bits per heavy atom. The standard InChI is InChI=1S/C22H30N4S/c1-2-3-12-17-15-10-7-11-16(15)18-19-20(27-22(18)26-17)21(24-13-23-19)25-14-8-5-4-6-9-14/h13-14,18,22H,2-12H2,1H3,(H,23,24,25)/t18-,22-/m1/s1. The summed E-state index contributed by atoms with van der Waals surface area (Å²) in [6.45, 7) is 2.27. The largest absolute Gasteiger partial charge is 0.366 e. The van der Waals surface area contributed by atoms with Crippen molar-refractivity contribution in [1.82, 2.24) is 9.97 Å². The summed E-state index contributed by atoms with van der Waals surface area (Å²) in [4.78, 5) is 15.9. The van der Waals surface area contributed by atoms with Crippen molar-refractivity contribution in [3.8, 4) is 0 Å². The van der Waals surface area contributed by atoms with Gasteiger partial charge in [-0.2, -0.15) is 0 Å². The van der Waals surface area contributed by atoms with E-state index in [0.717, 1.165) is 12.2 Å². The number of hydrogen-bond acceptors (Lipinski definition) is 5. The normalized spacial score (nSPS) is 27.2. The molecule has 1 N–H and O–H groups in total. The van der Waals surface area contributed by atoms with Gasteiger partial charge in [0.25, 0.3) is 0 Å². The third-order valence-corrected chi connectivity index (χ3v) is 7.89. The summed E-state index contributed by atoms with van der Waals surface area (Å²) in [6.07, 6.45) is 15.7. The summed E-state index contributed by atoms with van der Waals surface area (Å²) in [5, 5.41) is 4.04. The van der Waals surface area contributed by atoms with Crippen LogP contribution in [0.3, 0.4) is 0 Å². The number of thioether (sulfide) groups is 1. The van der Waals surface area contributed by atoms with E-state index in [2.05, 4.69) is 17.2 Å². The maximum absolute atomic E-state index is 5.25. The molecule has 4 aliphatic rings. The van der Waals surface area contributed by atoms with Crippen molar-refractivity contribution < 1.29 is 0 Å². The molecule has 2 atom stereocenters. The minimum Gasteiger partial charge on any atom is -0.366 e. The number of nitrogens with one attached hydrogen (secondary N) is 1. The van der Waals surface area contributed by atoms with Crippen LogP contribution in [0.15, 0.2) is 27.4 Å². The van der Waals surface area contributed by atoms with E-state index in [1.54, 1.807) is 17.5 Å². The Morgan fingerprint density at radius 2 is 2.00 bits per heavy atom. The van der Waals surface area contributed by atoms with Crippen LogP contribution in [0.1, 0.15) is 89.2 Å². The molecule has 0 aromatic carbocycles. The second kappa shape index (κ2) is 7.57. The molecule has 1 saturated carbocycles. The molecule has 5 heteroatoms. The first kappa shape index (κ1) is 17.7. The predicted molar refractivity (Wildman–Crippen MR) is 113 cm³/mol. The molecule has 0 amide bonds. The van der Waals surface area contributed by atoms with Crippen molar-refractivity contribution in [3.63, 3.8) is 0 Å². The van der Waals surface area contributed by atoms with Crippen LogP contribution in [0.5, 0.6) is 0 Å². The quantitative estimate of drug-likeness (QED) is 0.693. The number of anilines is 1. The van der Waals surface area contributed by atoms with Gasteiger partial charge in [0.1, 0.15) is 17.5 Å². The minimum absolute atomic E-state index is 0.285. The lowest BCUT2D eigenvalue weighted by molar-refractivity contribution is 0.461. The van der Waals surface area contributed by atoms with Gasteiger partial charge in [-0.1, -0.05) is 49.9 Å². The molecular weight excluding hydrogens is 352 g/mol. The zero-order chi connectivity index (χ0) is 18.2. The van der Waals surface area contributed by atoms with E-state index >= 15 is 0 Å². The highest BCUT2D eigenvalue weighted by atomic mass is 32.2. The van der Waals surface area contributed by atoms with Gasteiger partial charge in [-0.25, -0.2) is 9.97 Å². The number of aliphatic imine (C=N–C) groups is 1. The van der Waals surface area contributed by atoms with E-state index in [1.165, 1.54) is 80.5 Å². The van der Waals surface area contributed by atoms with Gasteiger partial charge in [-0.3, -0.25) is 4.99 Å². The fraction of sp³-hybridized carbons (Fsp3) is 0.682. The molecule has 1 aromatic heterocycles. The Balaban J connectivity index is 1.46. The Bertz CT molecular complexity index is 779. The molecule has 0 spiro atoms. The van der Waals surface area contributed by atoms with Crippen molar-refractivity contribution in [2.75, 3.05) is 5.32 Å². The van der Waals surface area contributed by atoms with Crippen LogP contribution in [0, 0.1) is 0 Å². The number of dihydropyridines is 1. The zero-order valence-electron chi connectivity index (χ0n) is 16.3. The van der Waals surface area contributed by atoms with Crippen molar-refractivity contribution in [1.29, 1.82) is 0 Å². The van der Waals surface area contributed by atoms with Gasteiger partial charge in [0.15, 0.2) is 0 Å². The number of rotatable bonds is 5. The molecule has 0 bridgehead atoms. The van der Waals surface area contributed by atoms with Gasteiger partial charge in [-0.05, 0) is 50.5 Å². The molecule has 2 aliphatic carbocycles. The minimum atomic E-state index is 0.285. The van der Waals surface area contributed by atoms with Gasteiger partial charge >= 0.3 is 0 Å². The Kier molecular flexibility index (Phi) is 4.97. The lowest BCUT2D eigenvalue weighted by Crippen LogP contribution is -2.23. The van der Waals surface area contributed by atoms with Gasteiger partial charge in [-0.15, -0.1) is 0 Å². The maximum Gasteiger partial charge on any atom is 0.143 e. The molecule has 4 nitrogen and oxygen atoms in total. The second-order valence-corrected chi connectivity index (χ2v) is 9.57. The van der Waals surface area contributed by atoms with E-state index in [-0.39, 0.29) is 5.37 Å². The number of unbranched alkanes of at least 4 members (excludes halogenated alkanes) is 1. The summed E-state index contributed by atoms with van der Waals surface area (Å²) in [5.41, 5.74) is 5.87. The van der Waals surface area contributed by atoms with Gasteiger partial charge in [0.2, 0.25) is 0 Å². The zero-order valence-corrected chi connectivity index (χ0v) is 17.2. The van der Waals surface area contributed by atoms with E-state index in [1.807, 2.05) is 11.8 Å². The fourth-order valence-electron chi connectivity index (χ4n) is 5.26. The number of nitrogens with zero attached hydrogens (tertiary/aromatic N) is 3. The van der Waals surface area contributed by atoms with Crippen LogP contribution in [-0.2, 0) is 0 Å². The van der Waals surface area contributed by atoms with Crippen LogP contribution in [0.4, 0.5) is 5.82 Å². The predicted octanol–water partition coefficient (Wildman–Crippen LogP) is 5.86. The Morgan fingerprint density at radius 1 is 1.11 bits per heavy atom. The molecule has 5 rings (SSSR count). The average Bonchev–Trinajstić information content (AvgIpc) is 3.31. The smallest absolute Gasteiger partial charge is 0.143 e. The molecule has 0 saturated heterocycles. The molecule has 0 unspecified atom stereocenters. The van der Waals surface area contributed by atoms with Crippen molar-refractivity contribution >= 4 is 23.3 Å². The monoisotopic (exact) mass is 382 g/mol. The second-order valence-electron chi connectivity index (χ2n) is 8.44. The average molecular weight is 383 g/mol. The third-order valence-electron chi connectivity index (χ3n) is 6.63. The van der Waals surface area contributed by atoms with E-state index in [4.69, 9.17) is 9.98 Å². The third kappa shape index (κ3) is 3.22. The van der Waals surface area contributed by atoms with Crippen LogP contribution in [0.25, 0.3) is 0 Å².